The molecule has 0 atom stereocenters. The smallest absolute Gasteiger partial charge is 0.332 e. The third kappa shape index (κ3) is 2.24. The van der Waals surface area contributed by atoms with E-state index < -0.39 is 29.5 Å². The average molecular weight is 384 g/mol. The zero-order valence-corrected chi connectivity index (χ0v) is 15.4. The molecule has 3 aromatic heterocycles. The minimum atomic E-state index is -0.809. The summed E-state index contributed by atoms with van der Waals surface area (Å²) in [7, 11) is 1.45. The van der Waals surface area contributed by atoms with Crippen molar-refractivity contribution < 1.29 is 9.18 Å². The number of imidazole rings is 2. The fraction of sp³-hybridized carbons (Fsp3) is 0.222. The molecule has 9 nitrogen and oxygen atoms in total. The van der Waals surface area contributed by atoms with Crippen molar-refractivity contribution in [3.8, 4) is 5.69 Å². The number of hydrogen-bond acceptors (Lipinski definition) is 4. The van der Waals surface area contributed by atoms with Crippen LogP contribution in [-0.4, -0.2) is 29.0 Å². The van der Waals surface area contributed by atoms with Crippen LogP contribution in [0.4, 0.5) is 4.39 Å². The molecule has 0 aliphatic heterocycles. The molecule has 0 saturated heterocycles. The van der Waals surface area contributed by atoms with Crippen molar-refractivity contribution in [1.82, 2.24) is 23.1 Å². The lowest BCUT2D eigenvalue weighted by molar-refractivity contribution is -0.118. The maximum absolute atomic E-state index is 14.4. The van der Waals surface area contributed by atoms with Crippen LogP contribution in [0.15, 0.2) is 33.9 Å². The quantitative estimate of drug-likeness (QED) is 0.551. The summed E-state index contributed by atoms with van der Waals surface area (Å²) in [6.07, 6.45) is 0. The summed E-state index contributed by atoms with van der Waals surface area (Å²) in [4.78, 5) is 41.3. The van der Waals surface area contributed by atoms with Crippen LogP contribution in [0, 0.1) is 19.7 Å². The highest BCUT2D eigenvalue weighted by Gasteiger charge is 2.24. The number of halogens is 1. The second kappa shape index (κ2) is 5.91. The summed E-state index contributed by atoms with van der Waals surface area (Å²) in [6.45, 7) is 3.01. The molecule has 0 fully saturated rings. The van der Waals surface area contributed by atoms with Gasteiger partial charge in [-0.25, -0.2) is 13.8 Å². The Morgan fingerprint density at radius 1 is 1.18 bits per heavy atom. The first kappa shape index (κ1) is 17.7. The Morgan fingerprint density at radius 3 is 2.50 bits per heavy atom. The topological polar surface area (TPSA) is 109 Å². The highest BCUT2D eigenvalue weighted by molar-refractivity contribution is 5.78. The van der Waals surface area contributed by atoms with Gasteiger partial charge in [0.1, 0.15) is 12.4 Å². The Morgan fingerprint density at radius 2 is 1.86 bits per heavy atom. The predicted octanol–water partition coefficient (Wildman–Crippen LogP) is 0.380. The number of fused-ring (bicyclic) bond motifs is 3. The first-order valence-corrected chi connectivity index (χ1v) is 8.47. The summed E-state index contributed by atoms with van der Waals surface area (Å²) < 4.78 is 19.5. The molecule has 2 N–H and O–H groups in total. The lowest BCUT2D eigenvalue weighted by atomic mass is 10.3. The number of carbonyl (C=O) groups excluding carboxylic acids is 1. The SMILES string of the molecule is Cc1c(C)n2c3c(=O)n(CC(N)=O)c(=O)n(C)c3nc2n1-c1ccccc1F. The summed E-state index contributed by atoms with van der Waals surface area (Å²) in [5.41, 5.74) is 5.66. The third-order valence-corrected chi connectivity index (χ3v) is 4.93. The van der Waals surface area contributed by atoms with Gasteiger partial charge in [0.05, 0.1) is 5.69 Å². The van der Waals surface area contributed by atoms with Gasteiger partial charge in [-0.05, 0) is 26.0 Å². The van der Waals surface area contributed by atoms with E-state index in [4.69, 9.17) is 5.73 Å². The van der Waals surface area contributed by atoms with E-state index in [1.807, 2.05) is 0 Å². The number of benzene rings is 1. The fourth-order valence-corrected chi connectivity index (χ4v) is 3.47. The van der Waals surface area contributed by atoms with Crippen molar-refractivity contribution in [1.29, 1.82) is 0 Å². The molecule has 1 aromatic carbocycles. The van der Waals surface area contributed by atoms with E-state index in [9.17, 15) is 18.8 Å². The van der Waals surface area contributed by atoms with Gasteiger partial charge in [0.2, 0.25) is 11.7 Å². The number of amides is 1. The number of nitrogens with zero attached hydrogens (tertiary/aromatic N) is 5. The number of aryl methyl sites for hydroxylation is 2. The van der Waals surface area contributed by atoms with Crippen LogP contribution in [0.25, 0.3) is 22.6 Å². The Kier molecular flexibility index (Phi) is 3.74. The molecule has 10 heteroatoms. The molecule has 0 bridgehead atoms. The van der Waals surface area contributed by atoms with Crippen LogP contribution in [-0.2, 0) is 18.4 Å². The first-order valence-electron chi connectivity index (χ1n) is 8.47. The maximum atomic E-state index is 14.4. The minimum absolute atomic E-state index is 0.119. The maximum Gasteiger partial charge on any atom is 0.332 e. The van der Waals surface area contributed by atoms with E-state index in [0.29, 0.717) is 17.2 Å². The van der Waals surface area contributed by atoms with E-state index in [1.165, 1.54) is 17.7 Å². The molecule has 144 valence electrons. The van der Waals surface area contributed by atoms with Crippen molar-refractivity contribution in [2.75, 3.05) is 0 Å². The molecular weight excluding hydrogens is 367 g/mol. The Balaban J connectivity index is 2.22. The van der Waals surface area contributed by atoms with Crippen LogP contribution in [0.5, 0.6) is 0 Å². The van der Waals surface area contributed by atoms with Gasteiger partial charge in [-0.3, -0.25) is 23.1 Å². The molecule has 4 rings (SSSR count). The largest absolute Gasteiger partial charge is 0.368 e. The van der Waals surface area contributed by atoms with Crippen LogP contribution in [0.3, 0.4) is 0 Å². The van der Waals surface area contributed by atoms with Crippen LogP contribution in [0.1, 0.15) is 11.4 Å². The van der Waals surface area contributed by atoms with Gasteiger partial charge in [0.15, 0.2) is 11.2 Å². The van der Waals surface area contributed by atoms with Crippen molar-refractivity contribution in [2.24, 2.45) is 12.8 Å². The first-order chi connectivity index (χ1) is 13.2. The fourth-order valence-electron chi connectivity index (χ4n) is 3.47. The molecule has 3 heterocycles. The molecule has 0 unspecified atom stereocenters. The molecule has 0 aliphatic carbocycles. The van der Waals surface area contributed by atoms with Crippen molar-refractivity contribution >= 4 is 22.8 Å². The summed E-state index contributed by atoms with van der Waals surface area (Å²) in [6, 6.07) is 6.21. The van der Waals surface area contributed by atoms with Crippen molar-refractivity contribution in [2.45, 2.75) is 20.4 Å². The highest BCUT2D eigenvalue weighted by atomic mass is 19.1. The van der Waals surface area contributed by atoms with Gasteiger partial charge in [0.25, 0.3) is 5.56 Å². The number of nitrogens with two attached hydrogens (primary N) is 1. The Labute approximate surface area is 157 Å². The molecule has 0 saturated carbocycles. The monoisotopic (exact) mass is 384 g/mol. The number of rotatable bonds is 3. The van der Waals surface area contributed by atoms with Gasteiger partial charge in [0, 0.05) is 18.4 Å². The molecule has 0 aliphatic rings. The van der Waals surface area contributed by atoms with Gasteiger partial charge in [-0.2, -0.15) is 4.98 Å². The predicted molar refractivity (Wildman–Crippen MR) is 100 cm³/mol. The minimum Gasteiger partial charge on any atom is -0.368 e. The number of primary amides is 1. The van der Waals surface area contributed by atoms with Crippen molar-refractivity contribution in [3.63, 3.8) is 0 Å². The molecule has 4 aromatic rings. The van der Waals surface area contributed by atoms with Crippen LogP contribution < -0.4 is 17.0 Å². The zero-order chi connectivity index (χ0) is 20.3. The highest BCUT2D eigenvalue weighted by Crippen LogP contribution is 2.25. The van der Waals surface area contributed by atoms with E-state index in [0.717, 1.165) is 4.57 Å². The zero-order valence-electron chi connectivity index (χ0n) is 15.4. The second-order valence-corrected chi connectivity index (χ2v) is 6.58. The van der Waals surface area contributed by atoms with Gasteiger partial charge >= 0.3 is 5.69 Å². The van der Waals surface area contributed by atoms with Crippen molar-refractivity contribution in [3.05, 3.63) is 62.3 Å². The number of para-hydroxylation sites is 1. The molecular formula is C18H17FN6O3. The number of hydrogen-bond donors (Lipinski definition) is 1. The summed E-state index contributed by atoms with van der Waals surface area (Å²) in [5.74, 6) is -0.967. The lowest BCUT2D eigenvalue weighted by Gasteiger charge is -2.08. The number of carbonyl (C=O) groups is 1. The Hall–Kier alpha value is -3.69. The standard InChI is InChI=1S/C18H17FN6O3/c1-9-10(2)25-14-15(22(3)18(28)23(16(14)27)8-13(20)26)21-17(25)24(9)12-7-5-4-6-11(12)19/h4-7H,8H2,1-3H3,(H2,20,26). The molecule has 0 spiro atoms. The summed E-state index contributed by atoms with van der Waals surface area (Å²) >= 11 is 0. The van der Waals surface area contributed by atoms with Gasteiger partial charge in [-0.1, -0.05) is 12.1 Å². The number of aromatic nitrogens is 5. The third-order valence-electron chi connectivity index (χ3n) is 4.93. The van der Waals surface area contributed by atoms with Gasteiger partial charge < -0.3 is 5.73 Å². The Bertz CT molecular complexity index is 1410. The van der Waals surface area contributed by atoms with E-state index in [-0.39, 0.29) is 16.9 Å². The normalized spacial score (nSPS) is 11.6. The lowest BCUT2D eigenvalue weighted by Crippen LogP contribution is -2.42. The van der Waals surface area contributed by atoms with E-state index in [2.05, 4.69) is 4.98 Å². The molecule has 1 amide bonds. The van der Waals surface area contributed by atoms with Gasteiger partial charge in [-0.15, -0.1) is 0 Å². The van der Waals surface area contributed by atoms with Crippen LogP contribution >= 0.6 is 0 Å². The molecule has 28 heavy (non-hydrogen) atoms. The van der Waals surface area contributed by atoms with Crippen LogP contribution in [0.2, 0.25) is 0 Å². The van der Waals surface area contributed by atoms with E-state index >= 15 is 0 Å². The van der Waals surface area contributed by atoms with E-state index in [1.54, 1.807) is 41.0 Å². The molecule has 0 radical (unpaired) electrons. The average Bonchev–Trinajstić information content (AvgIpc) is 3.14. The second-order valence-electron chi connectivity index (χ2n) is 6.58. The summed E-state index contributed by atoms with van der Waals surface area (Å²) in [5, 5.41) is 0.